The molecule has 0 aliphatic carbocycles. The van der Waals surface area contributed by atoms with Crippen molar-refractivity contribution >= 4 is 11.9 Å². The Morgan fingerprint density at radius 3 is 2.79 bits per heavy atom. The molecule has 0 N–H and O–H groups in total. The highest BCUT2D eigenvalue weighted by molar-refractivity contribution is 5.90. The topological polar surface area (TPSA) is 28.0 Å². The van der Waals surface area contributed by atoms with Crippen molar-refractivity contribution in [3.05, 3.63) is 11.6 Å². The number of rotatable bonds is 1. The molecule has 0 fully saturated rings. The van der Waals surface area contributed by atoms with E-state index in [1.165, 1.54) is 11.3 Å². The molecule has 0 aromatic heterocycles. The first-order valence-corrected chi connectivity index (χ1v) is 5.11. The van der Waals surface area contributed by atoms with E-state index in [9.17, 15) is 0 Å². The summed E-state index contributed by atoms with van der Waals surface area (Å²) in [6, 6.07) is 0. The molecule has 0 aromatic rings. The van der Waals surface area contributed by atoms with Crippen LogP contribution in [0, 0.1) is 0 Å². The molecule has 2 heterocycles. The molecule has 0 aromatic carbocycles. The summed E-state index contributed by atoms with van der Waals surface area (Å²) in [4.78, 5) is 4.34. The van der Waals surface area contributed by atoms with Crippen LogP contribution < -0.4 is 0 Å². The van der Waals surface area contributed by atoms with Crippen molar-refractivity contribution < 1.29 is 0 Å². The summed E-state index contributed by atoms with van der Waals surface area (Å²) >= 11 is 0. The highest BCUT2D eigenvalue weighted by atomic mass is 15.5. The fraction of sp³-hybridized carbons (Fsp3) is 0.636. The molecule has 2 aliphatic rings. The molecule has 0 spiro atoms. The summed E-state index contributed by atoms with van der Waals surface area (Å²) < 4.78 is 0. The lowest BCUT2D eigenvalue weighted by molar-refractivity contribution is 0.219. The van der Waals surface area contributed by atoms with Crippen molar-refractivity contribution in [3.8, 4) is 0 Å². The van der Waals surface area contributed by atoms with E-state index in [2.05, 4.69) is 35.0 Å². The number of hydrogen-bond donors (Lipinski definition) is 0. The highest BCUT2D eigenvalue weighted by Crippen LogP contribution is 2.32. The molecule has 0 radical (unpaired) electrons. The van der Waals surface area contributed by atoms with E-state index in [1.807, 2.05) is 13.3 Å². The normalized spacial score (nSPS) is 31.8. The Labute approximate surface area is 85.2 Å². The second-order valence-corrected chi connectivity index (χ2v) is 4.29. The number of dihydropyridines is 1. The van der Waals surface area contributed by atoms with Crippen molar-refractivity contribution in [1.29, 1.82) is 0 Å². The van der Waals surface area contributed by atoms with Gasteiger partial charge in [0.05, 0.1) is 5.54 Å². The van der Waals surface area contributed by atoms with Crippen molar-refractivity contribution in [1.82, 2.24) is 5.01 Å². The molecule has 3 heteroatoms. The molecule has 0 amide bonds. The first kappa shape index (κ1) is 9.44. The van der Waals surface area contributed by atoms with Crippen LogP contribution >= 0.6 is 0 Å². The standard InChI is InChI=1S/C11H17N3/c1-9-7-11(2,14(3)13-9)10-5-4-6-12-8-10/h5,8H,4,6-7H2,1-3H3/t11-/m1/s1. The number of aliphatic imine (C=N–C) groups is 1. The Bertz CT molecular complexity index is 327. The number of likely N-dealkylation sites (N-methyl/N-ethyl adjacent to an activating group) is 1. The average molecular weight is 191 g/mol. The van der Waals surface area contributed by atoms with Gasteiger partial charge in [0.15, 0.2) is 0 Å². The van der Waals surface area contributed by atoms with E-state index in [0.717, 1.165) is 19.4 Å². The largest absolute Gasteiger partial charge is 0.292 e. The predicted molar refractivity (Wildman–Crippen MR) is 60.0 cm³/mol. The van der Waals surface area contributed by atoms with Gasteiger partial charge in [-0.05, 0) is 25.8 Å². The zero-order chi connectivity index (χ0) is 10.2. The Morgan fingerprint density at radius 1 is 1.50 bits per heavy atom. The van der Waals surface area contributed by atoms with E-state index in [1.54, 1.807) is 0 Å². The minimum absolute atomic E-state index is 0.0357. The summed E-state index contributed by atoms with van der Waals surface area (Å²) in [5.74, 6) is 0. The van der Waals surface area contributed by atoms with E-state index < -0.39 is 0 Å². The zero-order valence-electron chi connectivity index (χ0n) is 9.12. The van der Waals surface area contributed by atoms with Crippen molar-refractivity contribution in [2.75, 3.05) is 13.6 Å². The van der Waals surface area contributed by atoms with Crippen LogP contribution in [0.2, 0.25) is 0 Å². The van der Waals surface area contributed by atoms with E-state index in [-0.39, 0.29) is 5.54 Å². The third-order valence-corrected chi connectivity index (χ3v) is 3.11. The molecule has 76 valence electrons. The molecule has 0 bridgehead atoms. The predicted octanol–water partition coefficient (Wildman–Crippen LogP) is 1.86. The van der Waals surface area contributed by atoms with Crippen LogP contribution in [0.4, 0.5) is 0 Å². The third kappa shape index (κ3) is 1.37. The van der Waals surface area contributed by atoms with Gasteiger partial charge in [-0.1, -0.05) is 6.08 Å². The summed E-state index contributed by atoms with van der Waals surface area (Å²) in [6.07, 6.45) is 6.38. The Morgan fingerprint density at radius 2 is 2.29 bits per heavy atom. The van der Waals surface area contributed by atoms with Crippen molar-refractivity contribution in [2.45, 2.75) is 32.2 Å². The first-order chi connectivity index (χ1) is 6.63. The number of hydrogen-bond acceptors (Lipinski definition) is 3. The van der Waals surface area contributed by atoms with E-state index in [0.29, 0.717) is 0 Å². The highest BCUT2D eigenvalue weighted by Gasteiger charge is 2.37. The molecule has 3 nitrogen and oxygen atoms in total. The summed E-state index contributed by atoms with van der Waals surface area (Å²) in [6.45, 7) is 5.25. The molecule has 2 rings (SSSR count). The van der Waals surface area contributed by atoms with Gasteiger partial charge < -0.3 is 0 Å². The lowest BCUT2D eigenvalue weighted by Gasteiger charge is -2.33. The smallest absolute Gasteiger partial charge is 0.0860 e. The molecule has 14 heavy (non-hydrogen) atoms. The van der Waals surface area contributed by atoms with Crippen LogP contribution in [0.1, 0.15) is 26.7 Å². The minimum Gasteiger partial charge on any atom is -0.292 e. The quantitative estimate of drug-likeness (QED) is 0.621. The maximum atomic E-state index is 4.46. The van der Waals surface area contributed by atoms with Crippen LogP contribution in [0.3, 0.4) is 0 Å². The average Bonchev–Trinajstić information content (AvgIpc) is 2.43. The number of nitrogens with zero attached hydrogens (tertiary/aromatic N) is 3. The fourth-order valence-corrected chi connectivity index (χ4v) is 2.17. The third-order valence-electron chi connectivity index (χ3n) is 3.11. The van der Waals surface area contributed by atoms with E-state index in [4.69, 9.17) is 0 Å². The van der Waals surface area contributed by atoms with E-state index >= 15 is 0 Å². The molecule has 1 atom stereocenters. The fourth-order valence-electron chi connectivity index (χ4n) is 2.17. The van der Waals surface area contributed by atoms with Gasteiger partial charge in [0.25, 0.3) is 0 Å². The van der Waals surface area contributed by atoms with Crippen molar-refractivity contribution in [2.24, 2.45) is 10.1 Å². The van der Waals surface area contributed by atoms with Gasteiger partial charge in [0, 0.05) is 31.9 Å². The van der Waals surface area contributed by atoms with Gasteiger partial charge in [-0.2, -0.15) is 5.10 Å². The van der Waals surface area contributed by atoms with Crippen LogP contribution in [-0.2, 0) is 0 Å². The summed E-state index contributed by atoms with van der Waals surface area (Å²) in [7, 11) is 2.04. The van der Waals surface area contributed by atoms with Crippen LogP contribution in [0.25, 0.3) is 0 Å². The zero-order valence-corrected chi connectivity index (χ0v) is 9.12. The monoisotopic (exact) mass is 191 g/mol. The van der Waals surface area contributed by atoms with Crippen LogP contribution in [0.5, 0.6) is 0 Å². The maximum absolute atomic E-state index is 4.46. The maximum Gasteiger partial charge on any atom is 0.0860 e. The molecule has 0 saturated carbocycles. The molecular formula is C11H17N3. The van der Waals surface area contributed by atoms with Crippen LogP contribution in [-0.4, -0.2) is 36.1 Å². The van der Waals surface area contributed by atoms with Crippen molar-refractivity contribution in [3.63, 3.8) is 0 Å². The molecule has 0 unspecified atom stereocenters. The second-order valence-electron chi connectivity index (χ2n) is 4.29. The number of hydrazone groups is 1. The van der Waals surface area contributed by atoms with Crippen LogP contribution in [0.15, 0.2) is 21.7 Å². The van der Waals surface area contributed by atoms with Gasteiger partial charge in [0.1, 0.15) is 0 Å². The lowest BCUT2D eigenvalue weighted by atomic mass is 9.86. The van der Waals surface area contributed by atoms with Gasteiger partial charge >= 0.3 is 0 Å². The Hall–Kier alpha value is -1.12. The van der Waals surface area contributed by atoms with Gasteiger partial charge in [0.2, 0.25) is 0 Å². The Balaban J connectivity index is 2.26. The molecule has 2 aliphatic heterocycles. The Kier molecular flexibility index (Phi) is 2.17. The second kappa shape index (κ2) is 3.23. The minimum atomic E-state index is 0.0357. The summed E-state index contributed by atoms with van der Waals surface area (Å²) in [5, 5.41) is 6.53. The van der Waals surface area contributed by atoms with Gasteiger partial charge in [-0.15, -0.1) is 0 Å². The molecule has 0 saturated heterocycles. The SMILES string of the molecule is CC1=NN(C)[C@@](C)(C2=CCCN=C2)C1. The molecular weight excluding hydrogens is 174 g/mol. The van der Waals surface area contributed by atoms with Gasteiger partial charge in [-0.3, -0.25) is 10.0 Å². The van der Waals surface area contributed by atoms with Gasteiger partial charge in [-0.25, -0.2) is 0 Å². The summed E-state index contributed by atoms with van der Waals surface area (Å²) in [5.41, 5.74) is 2.55. The lowest BCUT2D eigenvalue weighted by Crippen LogP contribution is -2.40. The first-order valence-electron chi connectivity index (χ1n) is 5.11.